The second-order valence-corrected chi connectivity index (χ2v) is 9.46. The molecule has 7 nitrogen and oxygen atoms in total. The largest absolute Gasteiger partial charge is 0.481 e. The van der Waals surface area contributed by atoms with Crippen molar-refractivity contribution in [2.75, 3.05) is 11.9 Å². The van der Waals surface area contributed by atoms with Crippen LogP contribution in [0.2, 0.25) is 5.02 Å². The van der Waals surface area contributed by atoms with E-state index >= 15 is 0 Å². The first-order valence-corrected chi connectivity index (χ1v) is 11.5. The lowest BCUT2D eigenvalue weighted by Gasteiger charge is -2.24. The summed E-state index contributed by atoms with van der Waals surface area (Å²) in [6, 6.07) is 20.5. The van der Waals surface area contributed by atoms with Gasteiger partial charge in [0.1, 0.15) is 6.61 Å². The van der Waals surface area contributed by atoms with Crippen LogP contribution in [0.3, 0.4) is 0 Å². The third-order valence-electron chi connectivity index (χ3n) is 5.85. The van der Waals surface area contributed by atoms with Crippen LogP contribution in [0.1, 0.15) is 47.7 Å². The molecule has 1 aliphatic carbocycles. The van der Waals surface area contributed by atoms with Gasteiger partial charge in [-0.05, 0) is 54.3 Å². The van der Waals surface area contributed by atoms with Crippen LogP contribution >= 0.6 is 11.6 Å². The highest BCUT2D eigenvalue weighted by atomic mass is 35.5. The van der Waals surface area contributed by atoms with Crippen LogP contribution in [0, 0.1) is 0 Å². The summed E-state index contributed by atoms with van der Waals surface area (Å²) in [5.74, 6) is -1.59. The third kappa shape index (κ3) is 5.46. The highest BCUT2D eigenvalue weighted by molar-refractivity contribution is 6.33. The molecule has 1 aliphatic rings. The molecule has 0 bridgehead atoms. The summed E-state index contributed by atoms with van der Waals surface area (Å²) in [6.45, 7) is 3.37. The maximum Gasteiger partial charge on any atom is 0.411 e. The SMILES string of the molecule is CC(C)(CC(=O)O)NC(=O)c1ccc(Cl)c(NC(=O)OCC2c3ccccc3-c3ccccc32)c1. The number of aliphatic carboxylic acids is 1. The molecule has 0 fully saturated rings. The van der Waals surface area contributed by atoms with Gasteiger partial charge in [-0.1, -0.05) is 60.1 Å². The van der Waals surface area contributed by atoms with E-state index in [1.807, 2.05) is 36.4 Å². The zero-order valence-corrected chi connectivity index (χ0v) is 20.1. The van der Waals surface area contributed by atoms with Crippen LogP contribution in [-0.4, -0.2) is 35.2 Å². The van der Waals surface area contributed by atoms with E-state index in [4.69, 9.17) is 21.4 Å². The number of amides is 2. The van der Waals surface area contributed by atoms with Gasteiger partial charge >= 0.3 is 12.1 Å². The molecular formula is C27H25ClN2O5. The van der Waals surface area contributed by atoms with Crippen molar-refractivity contribution in [1.29, 1.82) is 0 Å². The normalized spacial score (nSPS) is 12.4. The summed E-state index contributed by atoms with van der Waals surface area (Å²) in [7, 11) is 0. The van der Waals surface area contributed by atoms with Crippen molar-refractivity contribution < 1.29 is 24.2 Å². The molecule has 2 amide bonds. The number of carbonyl (C=O) groups is 3. The van der Waals surface area contributed by atoms with Gasteiger partial charge in [0.15, 0.2) is 0 Å². The number of carbonyl (C=O) groups excluding carboxylic acids is 2. The lowest BCUT2D eigenvalue weighted by atomic mass is 9.98. The molecule has 0 unspecified atom stereocenters. The van der Waals surface area contributed by atoms with Crippen LogP contribution in [0.15, 0.2) is 66.7 Å². The smallest absolute Gasteiger partial charge is 0.411 e. The Morgan fingerprint density at radius 3 is 2.17 bits per heavy atom. The minimum Gasteiger partial charge on any atom is -0.481 e. The Kier molecular flexibility index (Phi) is 6.80. The first kappa shape index (κ1) is 24.3. The van der Waals surface area contributed by atoms with Crippen LogP contribution in [0.25, 0.3) is 11.1 Å². The Balaban J connectivity index is 1.44. The second-order valence-electron chi connectivity index (χ2n) is 9.05. The zero-order valence-electron chi connectivity index (χ0n) is 19.3. The van der Waals surface area contributed by atoms with Crippen LogP contribution in [0.5, 0.6) is 0 Å². The predicted octanol–water partition coefficient (Wildman–Crippen LogP) is 5.68. The third-order valence-corrected chi connectivity index (χ3v) is 6.18. The minimum atomic E-state index is -1.02. The van der Waals surface area contributed by atoms with Gasteiger partial charge in [-0.15, -0.1) is 0 Å². The van der Waals surface area contributed by atoms with E-state index in [1.165, 1.54) is 18.2 Å². The fourth-order valence-electron chi connectivity index (χ4n) is 4.31. The molecule has 3 aromatic carbocycles. The number of fused-ring (bicyclic) bond motifs is 3. The van der Waals surface area contributed by atoms with Gasteiger partial charge in [0, 0.05) is 17.0 Å². The van der Waals surface area contributed by atoms with E-state index in [2.05, 4.69) is 22.8 Å². The molecule has 4 rings (SSSR count). The van der Waals surface area contributed by atoms with Crippen molar-refractivity contribution in [3.63, 3.8) is 0 Å². The Morgan fingerprint density at radius 1 is 0.971 bits per heavy atom. The average Bonchev–Trinajstić information content (AvgIpc) is 3.11. The number of hydrogen-bond donors (Lipinski definition) is 3. The van der Waals surface area contributed by atoms with E-state index in [1.54, 1.807) is 13.8 Å². The second kappa shape index (κ2) is 9.80. The summed E-state index contributed by atoms with van der Waals surface area (Å²) in [6.07, 6.45) is -0.936. The highest BCUT2D eigenvalue weighted by Gasteiger charge is 2.29. The van der Waals surface area contributed by atoms with Gasteiger partial charge in [0.05, 0.1) is 17.1 Å². The fraction of sp³-hybridized carbons (Fsp3) is 0.222. The number of ether oxygens (including phenoxy) is 1. The van der Waals surface area contributed by atoms with Crippen molar-refractivity contribution in [3.8, 4) is 11.1 Å². The standard InChI is InChI=1S/C27H25ClN2O5/c1-27(2,14-24(31)32)30-25(33)16-11-12-22(28)23(13-16)29-26(34)35-15-21-19-9-5-3-7-17(19)18-8-4-6-10-20(18)21/h3-13,21H,14-15H2,1-2H3,(H,29,34)(H,30,33)(H,31,32). The first-order chi connectivity index (χ1) is 16.6. The molecule has 0 saturated heterocycles. The molecule has 0 atom stereocenters. The van der Waals surface area contributed by atoms with E-state index in [-0.39, 0.29) is 35.2 Å². The average molecular weight is 493 g/mol. The predicted molar refractivity (Wildman–Crippen MR) is 134 cm³/mol. The molecule has 3 aromatic rings. The van der Waals surface area contributed by atoms with Crippen molar-refractivity contribution in [2.45, 2.75) is 31.7 Å². The van der Waals surface area contributed by atoms with Crippen LogP contribution in [-0.2, 0) is 9.53 Å². The Morgan fingerprint density at radius 2 is 1.57 bits per heavy atom. The minimum absolute atomic E-state index is 0.0859. The van der Waals surface area contributed by atoms with E-state index in [0.717, 1.165) is 22.3 Å². The Hall–Kier alpha value is -3.84. The summed E-state index contributed by atoms with van der Waals surface area (Å²) >= 11 is 6.23. The monoisotopic (exact) mass is 492 g/mol. The Bertz CT molecular complexity index is 1260. The number of carboxylic acids is 1. The number of nitrogens with one attached hydrogen (secondary N) is 2. The number of carboxylic acid groups (broad SMARTS) is 1. The molecule has 0 radical (unpaired) electrons. The fourth-order valence-corrected chi connectivity index (χ4v) is 4.47. The molecular weight excluding hydrogens is 468 g/mol. The number of rotatable bonds is 7. The van der Waals surface area contributed by atoms with Crippen molar-refractivity contribution in [3.05, 3.63) is 88.4 Å². The topological polar surface area (TPSA) is 105 Å². The highest BCUT2D eigenvalue weighted by Crippen LogP contribution is 2.44. The number of anilines is 1. The molecule has 0 saturated carbocycles. The molecule has 0 heterocycles. The Labute approximate surface area is 208 Å². The summed E-state index contributed by atoms with van der Waals surface area (Å²) < 4.78 is 5.55. The van der Waals surface area contributed by atoms with E-state index in [9.17, 15) is 14.4 Å². The summed E-state index contributed by atoms with van der Waals surface area (Å²) in [4.78, 5) is 36.3. The lowest BCUT2D eigenvalue weighted by molar-refractivity contribution is -0.138. The number of hydrogen-bond acceptors (Lipinski definition) is 4. The maximum atomic E-state index is 12.6. The number of halogens is 1. The molecule has 0 aromatic heterocycles. The molecule has 0 aliphatic heterocycles. The molecule has 0 spiro atoms. The molecule has 35 heavy (non-hydrogen) atoms. The van der Waals surface area contributed by atoms with E-state index < -0.39 is 23.5 Å². The van der Waals surface area contributed by atoms with Gasteiger partial charge < -0.3 is 15.2 Å². The van der Waals surface area contributed by atoms with Gasteiger partial charge in [0.2, 0.25) is 0 Å². The van der Waals surface area contributed by atoms with Crippen LogP contribution in [0.4, 0.5) is 10.5 Å². The van der Waals surface area contributed by atoms with Crippen molar-refractivity contribution >= 4 is 35.3 Å². The van der Waals surface area contributed by atoms with Gasteiger partial charge in [-0.25, -0.2) is 4.79 Å². The van der Waals surface area contributed by atoms with Crippen molar-refractivity contribution in [2.24, 2.45) is 0 Å². The first-order valence-electron chi connectivity index (χ1n) is 11.1. The quantitative estimate of drug-likeness (QED) is 0.393. The van der Waals surface area contributed by atoms with Gasteiger partial charge in [-0.3, -0.25) is 14.9 Å². The van der Waals surface area contributed by atoms with Gasteiger partial charge in [-0.2, -0.15) is 0 Å². The lowest BCUT2D eigenvalue weighted by Crippen LogP contribution is -2.44. The summed E-state index contributed by atoms with van der Waals surface area (Å²) in [5, 5.41) is 14.5. The molecule has 180 valence electrons. The number of benzene rings is 3. The van der Waals surface area contributed by atoms with Gasteiger partial charge in [0.25, 0.3) is 5.91 Å². The molecule has 3 N–H and O–H groups in total. The maximum absolute atomic E-state index is 12.6. The summed E-state index contributed by atoms with van der Waals surface area (Å²) in [5.41, 5.74) is 3.94. The zero-order chi connectivity index (χ0) is 25.2. The van der Waals surface area contributed by atoms with E-state index in [0.29, 0.717) is 0 Å². The van der Waals surface area contributed by atoms with Crippen molar-refractivity contribution in [1.82, 2.24) is 5.32 Å². The van der Waals surface area contributed by atoms with Crippen LogP contribution < -0.4 is 10.6 Å². The molecule has 8 heteroatoms.